The first-order valence-corrected chi connectivity index (χ1v) is 8.79. The van der Waals surface area contributed by atoms with Crippen LogP contribution in [-0.4, -0.2) is 24.7 Å². The van der Waals surface area contributed by atoms with Gasteiger partial charge < -0.3 is 19.6 Å². The van der Waals surface area contributed by atoms with E-state index >= 15 is 0 Å². The third-order valence-electron chi connectivity index (χ3n) is 5.16. The van der Waals surface area contributed by atoms with Crippen molar-refractivity contribution >= 4 is 5.91 Å². The van der Waals surface area contributed by atoms with Crippen LogP contribution in [0.5, 0.6) is 5.75 Å². The Balaban J connectivity index is 1.87. The van der Waals surface area contributed by atoms with E-state index in [-0.39, 0.29) is 12.5 Å². The van der Waals surface area contributed by atoms with E-state index in [2.05, 4.69) is 5.32 Å². The van der Waals surface area contributed by atoms with Gasteiger partial charge in [-0.1, -0.05) is 31.4 Å². The number of ether oxygens (including phenoxy) is 1. The van der Waals surface area contributed by atoms with Gasteiger partial charge in [-0.2, -0.15) is 0 Å². The summed E-state index contributed by atoms with van der Waals surface area (Å²) in [6, 6.07) is 10.7. The highest BCUT2D eigenvalue weighted by atomic mass is 16.5. The van der Waals surface area contributed by atoms with Gasteiger partial charge in [-0.05, 0) is 42.7 Å². The van der Waals surface area contributed by atoms with Gasteiger partial charge >= 0.3 is 0 Å². The molecule has 1 heterocycles. The zero-order valence-electron chi connectivity index (χ0n) is 14.5. The van der Waals surface area contributed by atoms with Gasteiger partial charge in [0.05, 0.1) is 25.4 Å². The van der Waals surface area contributed by atoms with Gasteiger partial charge in [0.25, 0.3) is 0 Å². The number of carbonyl (C=O) groups is 1. The van der Waals surface area contributed by atoms with Crippen molar-refractivity contribution in [2.75, 3.05) is 13.7 Å². The molecule has 1 fully saturated rings. The van der Waals surface area contributed by atoms with Crippen LogP contribution in [0.1, 0.15) is 49.5 Å². The molecule has 1 aliphatic carbocycles. The third-order valence-corrected chi connectivity index (χ3v) is 5.16. The minimum Gasteiger partial charge on any atom is -0.497 e. The van der Waals surface area contributed by atoms with Gasteiger partial charge in [0.15, 0.2) is 0 Å². The van der Waals surface area contributed by atoms with Gasteiger partial charge in [0.2, 0.25) is 5.91 Å². The molecule has 2 N–H and O–H groups in total. The number of amides is 1. The van der Waals surface area contributed by atoms with Crippen molar-refractivity contribution in [3.8, 4) is 5.75 Å². The quantitative estimate of drug-likeness (QED) is 0.844. The van der Waals surface area contributed by atoms with Gasteiger partial charge in [0.1, 0.15) is 17.6 Å². The van der Waals surface area contributed by atoms with Crippen molar-refractivity contribution in [2.24, 2.45) is 0 Å². The van der Waals surface area contributed by atoms with Crippen LogP contribution < -0.4 is 10.1 Å². The minimum atomic E-state index is -0.565. The smallest absolute Gasteiger partial charge is 0.231 e. The predicted molar refractivity (Wildman–Crippen MR) is 94.4 cm³/mol. The van der Waals surface area contributed by atoms with E-state index in [0.29, 0.717) is 5.76 Å². The second-order valence-electron chi connectivity index (χ2n) is 6.60. The predicted octanol–water partition coefficient (Wildman–Crippen LogP) is 3.34. The lowest BCUT2D eigenvalue weighted by Gasteiger charge is -2.37. The molecule has 1 amide bonds. The lowest BCUT2D eigenvalue weighted by atomic mass is 9.68. The maximum Gasteiger partial charge on any atom is 0.231 e. The molecular weight excluding hydrogens is 318 g/mol. The molecule has 25 heavy (non-hydrogen) atoms. The Morgan fingerprint density at radius 3 is 2.52 bits per heavy atom. The summed E-state index contributed by atoms with van der Waals surface area (Å²) in [5.41, 5.74) is 0.437. The zero-order valence-corrected chi connectivity index (χ0v) is 14.5. The number of carbonyl (C=O) groups excluding carboxylic acids is 1. The van der Waals surface area contributed by atoms with E-state index in [0.717, 1.165) is 43.4 Å². The van der Waals surface area contributed by atoms with Gasteiger partial charge in [0, 0.05) is 0 Å². The Morgan fingerprint density at radius 1 is 1.24 bits per heavy atom. The summed E-state index contributed by atoms with van der Waals surface area (Å²) in [6.45, 7) is -0.196. The maximum absolute atomic E-state index is 13.2. The average molecular weight is 343 g/mol. The number of hydrogen-bond acceptors (Lipinski definition) is 4. The Labute approximate surface area is 148 Å². The molecule has 1 atom stereocenters. The highest BCUT2D eigenvalue weighted by molar-refractivity contribution is 5.88. The van der Waals surface area contributed by atoms with Crippen LogP contribution in [0.15, 0.2) is 47.1 Å². The summed E-state index contributed by atoms with van der Waals surface area (Å²) < 4.78 is 10.6. The molecule has 5 heteroatoms. The summed E-state index contributed by atoms with van der Waals surface area (Å²) in [5.74, 6) is 1.29. The van der Waals surface area contributed by atoms with Crippen molar-refractivity contribution in [3.63, 3.8) is 0 Å². The topological polar surface area (TPSA) is 71.7 Å². The highest BCUT2D eigenvalue weighted by Crippen LogP contribution is 2.40. The molecule has 0 aliphatic heterocycles. The van der Waals surface area contributed by atoms with Crippen LogP contribution in [0.25, 0.3) is 0 Å². The van der Waals surface area contributed by atoms with Crippen LogP contribution in [0, 0.1) is 0 Å². The second kappa shape index (κ2) is 7.74. The summed E-state index contributed by atoms with van der Waals surface area (Å²) in [4.78, 5) is 13.2. The normalized spacial score (nSPS) is 17.7. The lowest BCUT2D eigenvalue weighted by Crippen LogP contribution is -2.47. The van der Waals surface area contributed by atoms with Gasteiger partial charge in [-0.25, -0.2) is 0 Å². The monoisotopic (exact) mass is 343 g/mol. The van der Waals surface area contributed by atoms with Crippen LogP contribution in [0.2, 0.25) is 0 Å². The largest absolute Gasteiger partial charge is 0.497 e. The fourth-order valence-corrected chi connectivity index (χ4v) is 3.70. The van der Waals surface area contributed by atoms with Gasteiger partial charge in [-0.15, -0.1) is 0 Å². The van der Waals surface area contributed by atoms with E-state index in [1.807, 2.05) is 24.3 Å². The van der Waals surface area contributed by atoms with Crippen LogP contribution in [0.4, 0.5) is 0 Å². The molecule has 2 aromatic rings. The molecule has 5 nitrogen and oxygen atoms in total. The Bertz CT molecular complexity index is 672. The van der Waals surface area contributed by atoms with E-state index in [9.17, 15) is 9.90 Å². The number of aliphatic hydroxyl groups is 1. The molecular formula is C20H25NO4. The Hall–Kier alpha value is -2.27. The zero-order chi connectivity index (χ0) is 17.7. The van der Waals surface area contributed by atoms with E-state index in [1.54, 1.807) is 25.5 Å². The Morgan fingerprint density at radius 2 is 1.96 bits per heavy atom. The van der Waals surface area contributed by atoms with Crippen molar-refractivity contribution in [1.82, 2.24) is 5.32 Å². The van der Waals surface area contributed by atoms with Crippen molar-refractivity contribution < 1.29 is 19.1 Å². The molecule has 0 saturated heterocycles. The first-order valence-electron chi connectivity index (χ1n) is 8.79. The maximum atomic E-state index is 13.2. The number of benzene rings is 1. The summed E-state index contributed by atoms with van der Waals surface area (Å²) in [5, 5.41) is 12.7. The molecule has 0 radical (unpaired) electrons. The van der Waals surface area contributed by atoms with E-state index < -0.39 is 11.5 Å². The van der Waals surface area contributed by atoms with Crippen molar-refractivity contribution in [2.45, 2.75) is 43.6 Å². The van der Waals surface area contributed by atoms with Gasteiger partial charge in [-0.3, -0.25) is 4.79 Å². The fraction of sp³-hybridized carbons (Fsp3) is 0.450. The Kier molecular flexibility index (Phi) is 5.43. The number of hydrogen-bond donors (Lipinski definition) is 2. The fourth-order valence-electron chi connectivity index (χ4n) is 3.70. The van der Waals surface area contributed by atoms with Crippen LogP contribution >= 0.6 is 0 Å². The number of nitrogens with one attached hydrogen (secondary N) is 1. The molecule has 1 unspecified atom stereocenters. The first kappa shape index (κ1) is 17.5. The minimum absolute atomic E-state index is 0.0483. The molecule has 0 bridgehead atoms. The average Bonchev–Trinajstić information content (AvgIpc) is 3.21. The third kappa shape index (κ3) is 3.56. The first-order chi connectivity index (χ1) is 12.2. The summed E-state index contributed by atoms with van der Waals surface area (Å²) in [7, 11) is 1.63. The molecule has 1 aliphatic rings. The number of methoxy groups -OCH3 is 1. The van der Waals surface area contributed by atoms with E-state index in [1.165, 1.54) is 0 Å². The summed E-state index contributed by atoms with van der Waals surface area (Å²) in [6.07, 6.45) is 6.34. The van der Waals surface area contributed by atoms with Crippen LogP contribution in [0.3, 0.4) is 0 Å². The number of rotatable bonds is 6. The van der Waals surface area contributed by atoms with E-state index in [4.69, 9.17) is 9.15 Å². The lowest BCUT2D eigenvalue weighted by molar-refractivity contribution is -0.129. The molecule has 3 rings (SSSR count). The molecule has 1 saturated carbocycles. The molecule has 0 spiro atoms. The van der Waals surface area contributed by atoms with Crippen LogP contribution in [-0.2, 0) is 10.2 Å². The molecule has 134 valence electrons. The van der Waals surface area contributed by atoms with Crippen molar-refractivity contribution in [1.29, 1.82) is 0 Å². The molecule has 1 aromatic carbocycles. The summed E-state index contributed by atoms with van der Waals surface area (Å²) >= 11 is 0. The standard InChI is InChI=1S/C20H25NO4/c1-24-16-9-7-15(8-10-16)20(11-3-2-4-12-20)19(23)21-17(14-22)18-6-5-13-25-18/h5-10,13,17,22H,2-4,11-12,14H2,1H3,(H,21,23). The van der Waals surface area contributed by atoms with Crippen molar-refractivity contribution in [3.05, 3.63) is 54.0 Å². The highest BCUT2D eigenvalue weighted by Gasteiger charge is 2.42. The molecule has 1 aromatic heterocycles. The number of aliphatic hydroxyl groups excluding tert-OH is 1. The SMILES string of the molecule is COc1ccc(C2(C(=O)NC(CO)c3ccco3)CCCCC2)cc1. The number of furan rings is 1. The second-order valence-corrected chi connectivity index (χ2v) is 6.60.